The summed E-state index contributed by atoms with van der Waals surface area (Å²) in [4.78, 5) is 0. The monoisotopic (exact) mass is 432 g/mol. The van der Waals surface area contributed by atoms with Crippen LogP contribution in [0, 0.1) is 6.92 Å². The van der Waals surface area contributed by atoms with Crippen LogP contribution in [0.15, 0.2) is 34.8 Å². The highest BCUT2D eigenvalue weighted by molar-refractivity contribution is 9.10. The fraction of sp³-hybridized carbons (Fsp3) is 0.478. The van der Waals surface area contributed by atoms with Crippen molar-refractivity contribution in [2.24, 2.45) is 0 Å². The van der Waals surface area contributed by atoms with E-state index in [2.05, 4.69) is 72.5 Å². The van der Waals surface area contributed by atoms with Gasteiger partial charge in [0.1, 0.15) is 5.75 Å². The predicted octanol–water partition coefficient (Wildman–Crippen LogP) is 5.95. The summed E-state index contributed by atoms with van der Waals surface area (Å²) in [5.41, 5.74) is 6.20. The van der Waals surface area contributed by atoms with E-state index in [1.807, 2.05) is 19.1 Å². The number of nitrogens with one attached hydrogen (secondary N) is 2. The first-order chi connectivity index (χ1) is 12.8. The van der Waals surface area contributed by atoms with Crippen molar-refractivity contribution < 1.29 is 5.11 Å². The number of para-hydroxylation sites is 1. The summed E-state index contributed by atoms with van der Waals surface area (Å²) in [5, 5.41) is 17.3. The molecule has 2 aromatic rings. The molecule has 0 amide bonds. The number of rotatable bonds is 9. The molecule has 4 heteroatoms. The van der Waals surface area contributed by atoms with Gasteiger partial charge in [-0.1, -0.05) is 52.0 Å². The third kappa shape index (κ3) is 5.98. The van der Waals surface area contributed by atoms with Crippen LogP contribution in [0.25, 0.3) is 0 Å². The van der Waals surface area contributed by atoms with Gasteiger partial charge in [0.2, 0.25) is 0 Å². The number of aromatic hydroxyl groups is 1. The smallest absolute Gasteiger partial charge is 0.133 e. The van der Waals surface area contributed by atoms with E-state index in [-0.39, 0.29) is 0 Å². The number of hydrogen-bond acceptors (Lipinski definition) is 3. The Hall–Kier alpha value is -1.52. The van der Waals surface area contributed by atoms with Crippen LogP contribution in [0.5, 0.6) is 5.75 Å². The molecular formula is C23H33BrN2O. The Morgan fingerprint density at radius 3 is 2.19 bits per heavy atom. The third-order valence-corrected chi connectivity index (χ3v) is 5.44. The first-order valence-electron chi connectivity index (χ1n) is 9.86. The van der Waals surface area contributed by atoms with Crippen LogP contribution in [0.3, 0.4) is 0 Å². The van der Waals surface area contributed by atoms with E-state index in [0.717, 1.165) is 41.7 Å². The van der Waals surface area contributed by atoms with E-state index < -0.39 is 0 Å². The highest BCUT2D eigenvalue weighted by Gasteiger charge is 2.13. The Kier molecular flexibility index (Phi) is 8.18. The molecule has 27 heavy (non-hydrogen) atoms. The van der Waals surface area contributed by atoms with Gasteiger partial charge in [-0.2, -0.15) is 0 Å². The second-order valence-corrected chi connectivity index (χ2v) is 8.66. The molecule has 2 rings (SSSR count). The van der Waals surface area contributed by atoms with Gasteiger partial charge in [0.15, 0.2) is 0 Å². The van der Waals surface area contributed by atoms with Crippen LogP contribution in [0.1, 0.15) is 61.8 Å². The Balaban J connectivity index is 1.87. The van der Waals surface area contributed by atoms with Gasteiger partial charge in [0, 0.05) is 18.8 Å². The lowest BCUT2D eigenvalue weighted by atomic mass is 9.92. The first-order valence-corrected chi connectivity index (χ1v) is 10.7. The topological polar surface area (TPSA) is 44.3 Å². The van der Waals surface area contributed by atoms with Gasteiger partial charge in [-0.15, -0.1) is 0 Å². The number of hydrogen-bond donors (Lipinski definition) is 3. The van der Waals surface area contributed by atoms with Gasteiger partial charge < -0.3 is 15.7 Å². The number of benzene rings is 2. The Bertz CT molecular complexity index is 730. The minimum absolute atomic E-state index is 0.355. The summed E-state index contributed by atoms with van der Waals surface area (Å²) in [6.07, 6.45) is 0.811. The summed E-state index contributed by atoms with van der Waals surface area (Å²) in [7, 11) is 0. The van der Waals surface area contributed by atoms with Crippen LogP contribution in [-0.4, -0.2) is 24.7 Å². The molecule has 0 aliphatic heterocycles. The molecule has 0 unspecified atom stereocenters. The maximum Gasteiger partial charge on any atom is 0.133 e. The van der Waals surface area contributed by atoms with Crippen molar-refractivity contribution >= 4 is 21.6 Å². The van der Waals surface area contributed by atoms with Crippen molar-refractivity contribution in [3.63, 3.8) is 0 Å². The second-order valence-electron chi connectivity index (χ2n) is 7.80. The number of phenolic OH excluding ortho intramolecular Hbond substituents is 1. The highest BCUT2D eigenvalue weighted by atomic mass is 79.9. The lowest BCUT2D eigenvalue weighted by Gasteiger charge is -2.21. The van der Waals surface area contributed by atoms with Crippen LogP contribution in [0.2, 0.25) is 0 Å². The van der Waals surface area contributed by atoms with Crippen molar-refractivity contribution in [2.75, 3.05) is 25.0 Å². The van der Waals surface area contributed by atoms with E-state index in [1.165, 1.54) is 16.8 Å². The number of phenols is 1. The molecule has 0 saturated carbocycles. The molecule has 0 fully saturated rings. The molecule has 0 aliphatic rings. The van der Waals surface area contributed by atoms with E-state index in [0.29, 0.717) is 17.6 Å². The van der Waals surface area contributed by atoms with Gasteiger partial charge in [-0.3, -0.25) is 0 Å². The number of anilines is 1. The molecule has 0 aromatic heterocycles. The Labute approximate surface area is 172 Å². The minimum atomic E-state index is 0.355. The van der Waals surface area contributed by atoms with Crippen molar-refractivity contribution in [2.45, 2.75) is 52.9 Å². The first kappa shape index (κ1) is 21.8. The van der Waals surface area contributed by atoms with E-state index >= 15 is 0 Å². The Morgan fingerprint density at radius 2 is 1.59 bits per heavy atom. The average Bonchev–Trinajstić information content (AvgIpc) is 2.61. The van der Waals surface area contributed by atoms with Gasteiger partial charge in [-0.25, -0.2) is 0 Å². The predicted molar refractivity (Wildman–Crippen MR) is 120 cm³/mol. The van der Waals surface area contributed by atoms with Gasteiger partial charge in [-0.05, 0) is 76.0 Å². The molecule has 0 aliphatic carbocycles. The van der Waals surface area contributed by atoms with E-state index in [9.17, 15) is 5.11 Å². The lowest BCUT2D eigenvalue weighted by Crippen LogP contribution is -2.25. The van der Waals surface area contributed by atoms with Gasteiger partial charge in [0.25, 0.3) is 0 Å². The average molecular weight is 433 g/mol. The fourth-order valence-corrected chi connectivity index (χ4v) is 3.99. The number of aryl methyl sites for hydroxylation is 1. The summed E-state index contributed by atoms with van der Waals surface area (Å²) < 4.78 is 0.769. The third-order valence-electron chi connectivity index (χ3n) is 4.83. The van der Waals surface area contributed by atoms with Crippen LogP contribution < -0.4 is 10.6 Å². The molecule has 148 valence electrons. The maximum absolute atomic E-state index is 10.2. The molecule has 2 aromatic carbocycles. The molecule has 0 bridgehead atoms. The molecule has 0 radical (unpaired) electrons. The van der Waals surface area contributed by atoms with Crippen molar-refractivity contribution in [1.29, 1.82) is 0 Å². The largest absolute Gasteiger partial charge is 0.506 e. The summed E-state index contributed by atoms with van der Waals surface area (Å²) in [6.45, 7) is 13.6. The zero-order valence-electron chi connectivity index (χ0n) is 17.2. The van der Waals surface area contributed by atoms with E-state index in [4.69, 9.17) is 0 Å². The summed E-state index contributed by atoms with van der Waals surface area (Å²) >= 11 is 3.41. The minimum Gasteiger partial charge on any atom is -0.506 e. The lowest BCUT2D eigenvalue weighted by molar-refractivity contribution is 0.463. The SMILES string of the molecule is Cc1cc(Br)c(O)c(CCNCCNc2c(C(C)C)cccc2C(C)C)c1. The quantitative estimate of drug-likeness (QED) is 0.428. The highest BCUT2D eigenvalue weighted by Crippen LogP contribution is 2.32. The zero-order valence-corrected chi connectivity index (χ0v) is 18.8. The maximum atomic E-state index is 10.2. The standard InChI is InChI=1S/C23H33BrN2O/c1-15(2)19-7-6-8-20(16(3)4)22(19)26-12-11-25-10-9-18-13-17(5)14-21(24)23(18)27/h6-8,13-16,25-27H,9-12H2,1-5H3. The molecular weight excluding hydrogens is 400 g/mol. The molecule has 3 nitrogen and oxygen atoms in total. The van der Waals surface area contributed by atoms with Crippen molar-refractivity contribution in [3.05, 3.63) is 57.1 Å². The Morgan fingerprint density at radius 1 is 0.963 bits per heavy atom. The fourth-order valence-electron chi connectivity index (χ4n) is 3.38. The normalized spacial score (nSPS) is 11.4. The molecule has 0 spiro atoms. The van der Waals surface area contributed by atoms with Crippen LogP contribution in [-0.2, 0) is 6.42 Å². The number of halogens is 1. The zero-order chi connectivity index (χ0) is 20.0. The van der Waals surface area contributed by atoms with E-state index in [1.54, 1.807) is 0 Å². The summed E-state index contributed by atoms with van der Waals surface area (Å²) in [6, 6.07) is 10.6. The molecule has 0 atom stereocenters. The van der Waals surface area contributed by atoms with Crippen LogP contribution in [0.4, 0.5) is 5.69 Å². The molecule has 0 heterocycles. The van der Waals surface area contributed by atoms with Crippen molar-refractivity contribution in [3.8, 4) is 5.75 Å². The summed E-state index contributed by atoms with van der Waals surface area (Å²) in [5.74, 6) is 1.36. The molecule has 3 N–H and O–H groups in total. The van der Waals surface area contributed by atoms with Crippen molar-refractivity contribution in [1.82, 2.24) is 5.32 Å². The molecule has 0 saturated heterocycles. The van der Waals surface area contributed by atoms with Gasteiger partial charge in [0.05, 0.1) is 4.47 Å². The van der Waals surface area contributed by atoms with Crippen LogP contribution >= 0.6 is 15.9 Å². The van der Waals surface area contributed by atoms with Gasteiger partial charge >= 0.3 is 0 Å². The second kappa shape index (κ2) is 10.1.